The first-order chi connectivity index (χ1) is 20.1. The Morgan fingerprint density at radius 1 is 0.907 bits per heavy atom. The summed E-state index contributed by atoms with van der Waals surface area (Å²) < 4.78 is 67.6. The first-order valence-corrected chi connectivity index (χ1v) is 15.7. The molecular weight excluding hydrogens is 610 g/mol. The van der Waals surface area contributed by atoms with E-state index in [9.17, 15) is 26.4 Å². The van der Waals surface area contributed by atoms with Crippen LogP contribution >= 0.6 is 11.8 Å². The van der Waals surface area contributed by atoms with Crippen LogP contribution in [0.25, 0.3) is 6.08 Å². The molecule has 3 aromatic carbocycles. The second-order valence-electron chi connectivity index (χ2n) is 10.0. The van der Waals surface area contributed by atoms with Gasteiger partial charge in [0.15, 0.2) is 5.17 Å². The predicted molar refractivity (Wildman–Crippen MR) is 167 cm³/mol. The molecule has 5 rings (SSSR count). The Balaban J connectivity index is 0.00000423. The van der Waals surface area contributed by atoms with E-state index in [4.69, 9.17) is 4.74 Å². The quantitative estimate of drug-likeness (QED) is 0.203. The van der Waals surface area contributed by atoms with Gasteiger partial charge in [0.25, 0.3) is 5.91 Å². The number of halogens is 3. The maximum absolute atomic E-state index is 12.6. The van der Waals surface area contributed by atoms with Gasteiger partial charge in [-0.1, -0.05) is 55.7 Å². The number of carbonyl (C=O) groups is 1. The number of rotatable bonds is 8. The van der Waals surface area contributed by atoms with Crippen LogP contribution in [0.5, 0.6) is 5.75 Å². The molecule has 0 spiro atoms. The molecule has 3 aromatic rings. The Bertz CT molecular complexity index is 1590. The van der Waals surface area contributed by atoms with E-state index in [-0.39, 0.29) is 40.4 Å². The van der Waals surface area contributed by atoms with Gasteiger partial charge in [0.05, 0.1) is 4.91 Å². The van der Waals surface area contributed by atoms with Crippen molar-refractivity contribution in [3.05, 3.63) is 94.4 Å². The van der Waals surface area contributed by atoms with Gasteiger partial charge in [0, 0.05) is 11.4 Å². The average molecular weight is 640 g/mol. The number of nitrogens with zero attached hydrogens (tertiary/aromatic N) is 1. The summed E-state index contributed by atoms with van der Waals surface area (Å²) in [6.45, 7) is 0.456. The zero-order valence-electron chi connectivity index (χ0n) is 22.4. The molecule has 222 valence electrons. The zero-order valence-corrected chi connectivity index (χ0v) is 24.0. The fraction of sp³-hybridized carbons (Fsp3) is 0.267. The van der Waals surface area contributed by atoms with E-state index in [0.29, 0.717) is 28.9 Å². The fourth-order valence-corrected chi connectivity index (χ4v) is 6.12. The second-order valence-corrected chi connectivity index (χ2v) is 12.7. The minimum atomic E-state index is -5.51. The topological polar surface area (TPSA) is 96.9 Å². The van der Waals surface area contributed by atoms with Crippen molar-refractivity contribution >= 4 is 79.9 Å². The molecule has 1 heterocycles. The number of sulfonamides is 1. The molecule has 1 fully saturated rings. The van der Waals surface area contributed by atoms with Gasteiger partial charge in [-0.2, -0.15) is 26.6 Å². The van der Waals surface area contributed by atoms with Crippen molar-refractivity contribution in [1.29, 1.82) is 0 Å². The van der Waals surface area contributed by atoms with Gasteiger partial charge >= 0.3 is 45.1 Å². The molecule has 0 bridgehead atoms. The zero-order chi connectivity index (χ0) is 29.7. The van der Waals surface area contributed by atoms with Crippen molar-refractivity contribution in [1.82, 2.24) is 0 Å². The molecule has 0 radical (unpaired) electrons. The Hall–Kier alpha value is -2.77. The molecule has 2 aliphatic rings. The first-order valence-electron chi connectivity index (χ1n) is 13.4. The Morgan fingerprint density at radius 3 is 2.16 bits per heavy atom. The van der Waals surface area contributed by atoms with Crippen molar-refractivity contribution < 1.29 is 31.1 Å². The van der Waals surface area contributed by atoms with Gasteiger partial charge in [-0.25, -0.2) is 0 Å². The van der Waals surface area contributed by atoms with E-state index < -0.39 is 21.4 Å². The second kappa shape index (κ2) is 14.3. The third kappa shape index (κ3) is 8.89. The summed E-state index contributed by atoms with van der Waals surface area (Å²) in [4.78, 5) is 16.8. The number of anilines is 2. The molecule has 0 unspecified atom stereocenters. The van der Waals surface area contributed by atoms with Crippen LogP contribution in [-0.4, -0.2) is 54.6 Å². The van der Waals surface area contributed by atoms with Crippen molar-refractivity contribution in [2.45, 2.75) is 50.1 Å². The molecule has 1 saturated carbocycles. The van der Waals surface area contributed by atoms with E-state index >= 15 is 0 Å². The summed E-state index contributed by atoms with van der Waals surface area (Å²) in [7, 11) is -5.51. The van der Waals surface area contributed by atoms with Gasteiger partial charge < -0.3 is 10.1 Å². The maximum atomic E-state index is 12.6. The fourth-order valence-electron chi connectivity index (χ4n) is 4.72. The number of hydrogen-bond acceptors (Lipinski definition) is 6. The number of carbonyl (C=O) groups excluding carboxylic acids is 1. The van der Waals surface area contributed by atoms with Gasteiger partial charge in [-0.15, -0.1) is 0 Å². The summed E-state index contributed by atoms with van der Waals surface area (Å²) >= 11 is 1.11. The van der Waals surface area contributed by atoms with E-state index in [1.54, 1.807) is 6.08 Å². The Morgan fingerprint density at radius 2 is 1.53 bits per heavy atom. The molecule has 1 aliphatic heterocycles. The number of thioether (sulfide) groups is 1. The molecule has 1 amide bonds. The van der Waals surface area contributed by atoms with Gasteiger partial charge in [-0.05, 0) is 89.7 Å². The number of aliphatic imine (C=N–C) groups is 1. The van der Waals surface area contributed by atoms with Crippen LogP contribution < -0.4 is 14.8 Å². The summed E-state index contributed by atoms with van der Waals surface area (Å²) in [5, 5.41) is 3.18. The van der Waals surface area contributed by atoms with Gasteiger partial charge in [0.1, 0.15) is 12.4 Å². The molecule has 43 heavy (non-hydrogen) atoms. The van der Waals surface area contributed by atoms with Crippen LogP contribution in [0.3, 0.4) is 0 Å². The minimum absolute atomic E-state index is 0. The van der Waals surface area contributed by atoms with Crippen molar-refractivity contribution in [3.63, 3.8) is 0 Å². The number of benzene rings is 3. The molecule has 2 N–H and O–H groups in total. The number of ether oxygens (including phenoxy) is 1. The molecular formula is C30H29F3N3NaO4S2. The number of alkyl halides is 3. The number of hydrogen-bond donors (Lipinski definition) is 2. The summed E-state index contributed by atoms with van der Waals surface area (Å²) in [6, 6.07) is 21.1. The van der Waals surface area contributed by atoms with E-state index in [0.717, 1.165) is 22.9 Å². The molecule has 1 aliphatic carbocycles. The number of amides is 1. The number of amidine groups is 1. The Labute approximate surface area is 274 Å². The van der Waals surface area contributed by atoms with Crippen LogP contribution in [0.2, 0.25) is 0 Å². The molecule has 0 saturated heterocycles. The van der Waals surface area contributed by atoms with Crippen LogP contribution in [-0.2, 0) is 21.4 Å². The standard InChI is InChI=1S/C30H28F3N3O4S2.Na.H/c31-30(32,33)42(38,39)36-25-14-12-24(13-15-25)34-29-35-28(37)27(41-29)18-20-8-16-26(17-9-20)40-19-21-6-10-23(11-7-21)22-4-2-1-3-5-22;;/h6-18,22,36H,1-5,19H2,(H,34,35,37);;/b27-18-;;. The monoisotopic (exact) mass is 639 g/mol. The van der Waals surface area contributed by atoms with Crippen LogP contribution in [0, 0.1) is 0 Å². The van der Waals surface area contributed by atoms with Gasteiger partial charge in [-0.3, -0.25) is 9.52 Å². The van der Waals surface area contributed by atoms with Gasteiger partial charge in [0.2, 0.25) is 0 Å². The average Bonchev–Trinajstić information content (AvgIpc) is 3.31. The van der Waals surface area contributed by atoms with Crippen molar-refractivity contribution in [2.24, 2.45) is 4.99 Å². The van der Waals surface area contributed by atoms with Crippen molar-refractivity contribution in [3.8, 4) is 5.75 Å². The summed E-state index contributed by atoms with van der Waals surface area (Å²) in [5.74, 6) is 0.942. The van der Waals surface area contributed by atoms with Crippen LogP contribution in [0.4, 0.5) is 24.5 Å². The van der Waals surface area contributed by atoms with Crippen LogP contribution in [0.1, 0.15) is 54.7 Å². The molecule has 7 nitrogen and oxygen atoms in total. The van der Waals surface area contributed by atoms with Crippen molar-refractivity contribution in [2.75, 3.05) is 10.0 Å². The van der Waals surface area contributed by atoms with E-state index in [1.807, 2.05) is 24.3 Å². The first kappa shape index (κ1) is 33.1. The number of nitrogens with one attached hydrogen (secondary N) is 2. The normalized spacial score (nSPS) is 16.9. The summed E-state index contributed by atoms with van der Waals surface area (Å²) in [6.07, 6.45) is 8.20. The molecule has 0 atom stereocenters. The predicted octanol–water partition coefficient (Wildman–Crippen LogP) is 7.01. The third-order valence-electron chi connectivity index (χ3n) is 6.95. The van der Waals surface area contributed by atoms with Crippen LogP contribution in [0.15, 0.2) is 82.7 Å². The van der Waals surface area contributed by atoms with E-state index in [1.165, 1.54) is 66.7 Å². The van der Waals surface area contributed by atoms with E-state index in [2.05, 4.69) is 34.6 Å². The summed E-state index contributed by atoms with van der Waals surface area (Å²) in [5.41, 5.74) is -1.97. The molecule has 13 heteroatoms. The Kier molecular flexibility index (Phi) is 11.0. The SMILES string of the molecule is O=C1N=C(Nc2ccc(NS(=O)(=O)C(F)(F)F)cc2)S/C1=C\c1ccc(OCc2ccc(C3CCCCC3)cc2)cc1.[NaH]. The molecule has 0 aromatic heterocycles. The third-order valence-corrected chi connectivity index (χ3v) is 8.97.